The van der Waals surface area contributed by atoms with Crippen molar-refractivity contribution in [2.45, 2.75) is 48.5 Å². The zero-order valence-electron chi connectivity index (χ0n) is 23.3. The topological polar surface area (TPSA) is 121 Å². The summed E-state index contributed by atoms with van der Waals surface area (Å²) in [5, 5.41) is 12.7. The van der Waals surface area contributed by atoms with Gasteiger partial charge in [-0.25, -0.2) is 0 Å². The number of rotatable bonds is 3. The third kappa shape index (κ3) is 9.09. The fraction of sp³-hybridized carbons (Fsp3) is 0.241. The van der Waals surface area contributed by atoms with Gasteiger partial charge in [0.05, 0.1) is 11.2 Å². The zero-order chi connectivity index (χ0) is 29.1. The Labute approximate surface area is 235 Å². The highest BCUT2D eigenvalue weighted by Gasteiger charge is 2.23. The number of anilines is 1. The van der Waals surface area contributed by atoms with Crippen molar-refractivity contribution in [3.05, 3.63) is 102 Å². The van der Waals surface area contributed by atoms with Crippen molar-refractivity contribution in [1.82, 2.24) is 9.99 Å². The quantitative estimate of drug-likeness (QED) is 0.109. The number of nitrogens with two attached hydrogens (primary N) is 4. The average Bonchev–Trinajstić information content (AvgIpc) is 3.25. The highest BCUT2D eigenvalue weighted by molar-refractivity contribution is 7.77. The Morgan fingerprint density at radius 3 is 2.05 bits per heavy atom. The molecule has 204 valence electrons. The van der Waals surface area contributed by atoms with E-state index in [0.29, 0.717) is 5.69 Å². The molecule has 2 heterocycles. The van der Waals surface area contributed by atoms with Crippen molar-refractivity contribution >= 4 is 53.4 Å². The monoisotopic (exact) mass is 542 g/mol. The molecule has 0 atom stereocenters. The molecule has 0 radical (unpaired) electrons. The minimum absolute atomic E-state index is 0.691. The Bertz CT molecular complexity index is 1180. The normalized spacial score (nSPS) is 10.7. The summed E-state index contributed by atoms with van der Waals surface area (Å²) in [5.41, 5.74) is 14.2. The maximum absolute atomic E-state index is 6.55. The van der Waals surface area contributed by atoms with Crippen LogP contribution in [-0.2, 0) is 0 Å². The van der Waals surface area contributed by atoms with Crippen LogP contribution in [-0.4, -0.2) is 4.68 Å². The molecule has 37 heavy (non-hydrogen) atoms. The first-order valence-corrected chi connectivity index (χ1v) is 13.3. The van der Waals surface area contributed by atoms with Crippen molar-refractivity contribution in [1.29, 1.82) is 0 Å². The van der Waals surface area contributed by atoms with E-state index in [1.54, 1.807) is 4.68 Å². The lowest BCUT2D eigenvalue weighted by molar-refractivity contribution is 1.03. The number of nitrogens with zero attached hydrogens (tertiary/aromatic N) is 1. The van der Waals surface area contributed by atoms with Crippen LogP contribution in [0.1, 0.15) is 63.9 Å². The Kier molecular flexibility index (Phi) is 19.6. The fourth-order valence-corrected chi connectivity index (χ4v) is 3.57. The molecule has 0 spiro atoms. The van der Waals surface area contributed by atoms with Crippen molar-refractivity contribution in [2.24, 2.45) is 10.3 Å². The molecule has 0 aliphatic carbocycles. The smallest absolute Gasteiger partial charge is 0.0782 e. The summed E-state index contributed by atoms with van der Waals surface area (Å²) in [6, 6.07) is 13.9. The van der Waals surface area contributed by atoms with E-state index in [0.717, 1.165) is 44.6 Å². The van der Waals surface area contributed by atoms with E-state index >= 15 is 0 Å². The number of nitrogens with one attached hydrogen (secondary N) is 1. The van der Waals surface area contributed by atoms with Crippen LogP contribution < -0.4 is 27.2 Å². The lowest BCUT2D eigenvalue weighted by Crippen LogP contribution is -2.14. The van der Waals surface area contributed by atoms with Crippen molar-refractivity contribution < 1.29 is 0 Å². The summed E-state index contributed by atoms with van der Waals surface area (Å²) in [5.74, 6) is 6.55. The number of benzene rings is 2. The molecule has 0 unspecified atom stereocenters. The summed E-state index contributed by atoms with van der Waals surface area (Å²) in [7, 11) is 0. The first-order chi connectivity index (χ1) is 18.0. The van der Waals surface area contributed by atoms with Gasteiger partial charge in [-0.3, -0.25) is 15.0 Å². The molecule has 1 aliphatic heterocycles. The van der Waals surface area contributed by atoms with E-state index in [9.17, 15) is 0 Å². The first-order valence-electron chi connectivity index (χ1n) is 12.3. The molecule has 8 heteroatoms. The van der Waals surface area contributed by atoms with Crippen LogP contribution in [0.2, 0.25) is 0 Å². The minimum atomic E-state index is 0.691. The Morgan fingerprint density at radius 2 is 1.51 bits per heavy atom. The summed E-state index contributed by atoms with van der Waals surface area (Å²) in [6.45, 7) is 22.6. The predicted octanol–water partition coefficient (Wildman–Crippen LogP) is 6.98. The van der Waals surface area contributed by atoms with Gasteiger partial charge in [0.25, 0.3) is 0 Å². The highest BCUT2D eigenvalue weighted by atomic mass is 32.1. The molecule has 0 saturated carbocycles. The number of hydrogen-bond acceptors (Lipinski definition) is 7. The molecule has 0 bridgehead atoms. The minimum Gasteiger partial charge on any atom is -0.399 e. The second-order valence-electron chi connectivity index (χ2n) is 6.78. The molecular formula is C29H46N6S2. The Hall–Kier alpha value is -3.04. The van der Waals surface area contributed by atoms with Gasteiger partial charge in [0.15, 0.2) is 0 Å². The van der Waals surface area contributed by atoms with Crippen LogP contribution >= 0.6 is 25.6 Å². The van der Waals surface area contributed by atoms with Gasteiger partial charge in [-0.15, -0.1) is 25.6 Å². The molecule has 9 N–H and O–H groups in total. The van der Waals surface area contributed by atoms with Gasteiger partial charge in [-0.2, -0.15) is 0 Å². The van der Waals surface area contributed by atoms with Crippen molar-refractivity contribution in [2.75, 3.05) is 11.6 Å². The molecule has 0 amide bonds. The summed E-state index contributed by atoms with van der Waals surface area (Å²) < 4.78 is 1.71. The number of thiol groups is 2. The van der Waals surface area contributed by atoms with Gasteiger partial charge >= 0.3 is 0 Å². The lowest BCUT2D eigenvalue weighted by atomic mass is 9.92. The van der Waals surface area contributed by atoms with E-state index in [2.05, 4.69) is 73.4 Å². The number of aromatic nitrogens is 1. The van der Waals surface area contributed by atoms with E-state index < -0.39 is 0 Å². The number of dihydropyridines is 1. The second kappa shape index (κ2) is 20.1. The SMILES string of the molecule is C=C1NC=CC=C1c1c(C(=C)c2cccc(N)c2)n(N)c2ccc(C)cc12.CC.CC.CC.NS.NS. The molecule has 1 aromatic heterocycles. The molecule has 6 nitrogen and oxygen atoms in total. The van der Waals surface area contributed by atoms with E-state index in [-0.39, 0.29) is 0 Å². The van der Waals surface area contributed by atoms with Gasteiger partial charge in [-0.1, -0.05) is 84.5 Å². The van der Waals surface area contributed by atoms with Crippen LogP contribution in [0.3, 0.4) is 0 Å². The molecule has 0 fully saturated rings. The molecule has 2 aromatic carbocycles. The number of aryl methyl sites for hydroxylation is 1. The Morgan fingerprint density at radius 1 is 0.919 bits per heavy atom. The van der Waals surface area contributed by atoms with Gasteiger partial charge in [0, 0.05) is 39.7 Å². The van der Waals surface area contributed by atoms with Crippen LogP contribution in [0.15, 0.2) is 79.7 Å². The van der Waals surface area contributed by atoms with E-state index in [1.807, 2.05) is 90.2 Å². The number of fused-ring (bicyclic) bond motifs is 1. The van der Waals surface area contributed by atoms with E-state index in [4.69, 9.17) is 11.6 Å². The van der Waals surface area contributed by atoms with Crippen LogP contribution in [0.4, 0.5) is 5.69 Å². The van der Waals surface area contributed by atoms with Crippen molar-refractivity contribution in [3.8, 4) is 0 Å². The van der Waals surface area contributed by atoms with Crippen LogP contribution in [0, 0.1) is 6.92 Å². The van der Waals surface area contributed by atoms with Crippen LogP contribution in [0.25, 0.3) is 22.0 Å². The van der Waals surface area contributed by atoms with Gasteiger partial charge in [0.2, 0.25) is 0 Å². The molecule has 3 aromatic rings. The number of hydrogen-bond donors (Lipinski definition) is 7. The highest BCUT2D eigenvalue weighted by Crippen LogP contribution is 2.39. The maximum Gasteiger partial charge on any atom is 0.0782 e. The second-order valence-corrected chi connectivity index (χ2v) is 6.78. The van der Waals surface area contributed by atoms with Gasteiger partial charge in [0.1, 0.15) is 0 Å². The summed E-state index contributed by atoms with van der Waals surface area (Å²) in [6.07, 6.45) is 5.88. The summed E-state index contributed by atoms with van der Waals surface area (Å²) >= 11 is 6.06. The number of nitrogen functional groups attached to an aromatic ring is 2. The molecule has 4 rings (SSSR count). The largest absolute Gasteiger partial charge is 0.399 e. The fourth-order valence-electron chi connectivity index (χ4n) is 3.57. The molecule has 0 saturated heterocycles. The Balaban J connectivity index is 0. The summed E-state index contributed by atoms with van der Waals surface area (Å²) in [4.78, 5) is 0. The number of allylic oxidation sites excluding steroid dienone is 3. The molecular weight excluding hydrogens is 496 g/mol. The van der Waals surface area contributed by atoms with E-state index in [1.165, 1.54) is 5.56 Å². The first kappa shape index (κ1) is 36.1. The van der Waals surface area contributed by atoms with Crippen LogP contribution in [0.5, 0.6) is 0 Å². The van der Waals surface area contributed by atoms with Crippen molar-refractivity contribution in [3.63, 3.8) is 0 Å². The maximum atomic E-state index is 6.55. The van der Waals surface area contributed by atoms with Gasteiger partial charge in [-0.05, 0) is 42.8 Å². The predicted molar refractivity (Wildman–Crippen MR) is 176 cm³/mol. The third-order valence-electron chi connectivity index (χ3n) is 4.89. The lowest BCUT2D eigenvalue weighted by Gasteiger charge is -2.17. The zero-order valence-corrected chi connectivity index (χ0v) is 25.1. The third-order valence-corrected chi connectivity index (χ3v) is 4.89. The standard InChI is InChI=1S/C23H22N4.3C2H6.2H3NS/c1-14-9-10-21-20(12-14)22(19-8-5-11-26-16(19)3)23(27(21)25)15(2)17-6-4-7-18(24)13-17;5*1-2/h4-13,26H,2-3,24-25H2,1H3;3*1-2H3;2*2H,1H2. The van der Waals surface area contributed by atoms with Gasteiger partial charge < -0.3 is 16.9 Å². The average molecular weight is 543 g/mol. The molecule has 1 aliphatic rings.